The highest BCUT2D eigenvalue weighted by molar-refractivity contribution is 6.30. The number of rotatable bonds is 4. The number of hydrogen-bond donors (Lipinski definition) is 2. The fourth-order valence-corrected chi connectivity index (χ4v) is 3.52. The Labute approximate surface area is 152 Å². The molecular weight excluding hydrogens is 338 g/mol. The van der Waals surface area contributed by atoms with Crippen molar-refractivity contribution in [2.75, 3.05) is 25.1 Å². The predicted molar refractivity (Wildman–Crippen MR) is 99.7 cm³/mol. The fourth-order valence-electron chi connectivity index (χ4n) is 3.40. The number of hydrazine groups is 1. The van der Waals surface area contributed by atoms with Gasteiger partial charge in [0, 0.05) is 36.5 Å². The molecule has 0 bridgehead atoms. The van der Waals surface area contributed by atoms with Gasteiger partial charge in [0.25, 0.3) is 5.91 Å². The highest BCUT2D eigenvalue weighted by Gasteiger charge is 2.36. The van der Waals surface area contributed by atoms with Gasteiger partial charge < -0.3 is 9.64 Å². The fraction of sp³-hybridized carbons (Fsp3) is 0.316. The van der Waals surface area contributed by atoms with Crippen molar-refractivity contribution in [3.05, 3.63) is 64.7 Å². The highest BCUT2D eigenvalue weighted by Crippen LogP contribution is 2.37. The summed E-state index contributed by atoms with van der Waals surface area (Å²) in [4.78, 5) is 13.8. The van der Waals surface area contributed by atoms with Crippen LogP contribution in [0.1, 0.15) is 28.8 Å². The molecule has 0 aliphatic carbocycles. The number of nitrogens with two attached hydrogens (primary N) is 1. The van der Waals surface area contributed by atoms with Crippen LogP contribution in [0.2, 0.25) is 5.02 Å². The molecule has 0 atom stereocenters. The van der Waals surface area contributed by atoms with Gasteiger partial charge in [-0.05, 0) is 54.8 Å². The number of benzene rings is 2. The van der Waals surface area contributed by atoms with Gasteiger partial charge in [-0.3, -0.25) is 10.2 Å². The molecule has 25 heavy (non-hydrogen) atoms. The molecule has 0 spiro atoms. The molecule has 6 heteroatoms. The zero-order chi connectivity index (χ0) is 17.9. The van der Waals surface area contributed by atoms with Gasteiger partial charge in [0.2, 0.25) is 0 Å². The van der Waals surface area contributed by atoms with E-state index in [1.165, 1.54) is 0 Å². The summed E-state index contributed by atoms with van der Waals surface area (Å²) in [5, 5.41) is 0.731. The third-order valence-corrected chi connectivity index (χ3v) is 5.21. The third-order valence-electron chi connectivity index (χ3n) is 4.96. The van der Waals surface area contributed by atoms with E-state index in [9.17, 15) is 4.79 Å². The number of nitrogens with one attached hydrogen (secondary N) is 1. The van der Waals surface area contributed by atoms with Crippen LogP contribution in [0.25, 0.3) is 0 Å². The molecule has 2 aromatic rings. The van der Waals surface area contributed by atoms with Crippen molar-refractivity contribution in [1.82, 2.24) is 5.43 Å². The Bertz CT molecular complexity index is 723. The quantitative estimate of drug-likeness (QED) is 0.500. The van der Waals surface area contributed by atoms with Crippen LogP contribution in [0.3, 0.4) is 0 Å². The number of anilines is 1. The number of carbonyl (C=O) groups is 1. The van der Waals surface area contributed by atoms with E-state index in [0.29, 0.717) is 5.56 Å². The number of ether oxygens (including phenoxy) is 1. The maximum Gasteiger partial charge on any atom is 0.265 e. The molecule has 3 N–H and O–H groups in total. The van der Waals surface area contributed by atoms with E-state index in [1.54, 1.807) is 19.2 Å². The molecule has 1 amide bonds. The lowest BCUT2D eigenvalue weighted by molar-refractivity contribution is -0.0346. The van der Waals surface area contributed by atoms with Crippen LogP contribution in [0.5, 0.6) is 0 Å². The maximum atomic E-state index is 11.5. The van der Waals surface area contributed by atoms with E-state index < -0.39 is 0 Å². The van der Waals surface area contributed by atoms with E-state index in [4.69, 9.17) is 22.2 Å². The number of hydrogen-bond acceptors (Lipinski definition) is 4. The first-order valence-corrected chi connectivity index (χ1v) is 8.63. The Morgan fingerprint density at radius 3 is 2.24 bits per heavy atom. The summed E-state index contributed by atoms with van der Waals surface area (Å²) in [6.45, 7) is 1.75. The summed E-state index contributed by atoms with van der Waals surface area (Å²) in [7, 11) is 1.77. The minimum absolute atomic E-state index is 0.277. The van der Waals surface area contributed by atoms with Crippen LogP contribution in [0, 0.1) is 0 Å². The monoisotopic (exact) mass is 359 g/mol. The largest absolute Gasteiger partial charge is 0.373 e. The molecule has 0 aromatic heterocycles. The van der Waals surface area contributed by atoms with Gasteiger partial charge in [0.1, 0.15) is 0 Å². The van der Waals surface area contributed by atoms with Crippen LogP contribution in [0.15, 0.2) is 48.5 Å². The number of carbonyl (C=O) groups excluding carboxylic acids is 1. The molecule has 5 nitrogen and oxygen atoms in total. The standard InChI is InChI=1S/C19H22ClN3O2/c1-25-19(15-4-6-16(20)7-5-15)10-12-23(13-11-19)17-8-2-14(3-9-17)18(24)22-21/h2-9H,10-13,21H2,1H3,(H,22,24). The zero-order valence-corrected chi connectivity index (χ0v) is 14.9. The molecule has 1 fully saturated rings. The molecule has 1 heterocycles. The summed E-state index contributed by atoms with van der Waals surface area (Å²) < 4.78 is 5.92. The summed E-state index contributed by atoms with van der Waals surface area (Å²) in [6, 6.07) is 15.4. The molecule has 1 saturated heterocycles. The van der Waals surface area contributed by atoms with Crippen molar-refractivity contribution in [2.24, 2.45) is 5.84 Å². The number of piperidine rings is 1. The average Bonchev–Trinajstić information content (AvgIpc) is 2.68. The average molecular weight is 360 g/mol. The SMILES string of the molecule is COC1(c2ccc(Cl)cc2)CCN(c2ccc(C(=O)NN)cc2)CC1. The minimum Gasteiger partial charge on any atom is -0.373 e. The van der Waals surface area contributed by atoms with Crippen molar-refractivity contribution >= 4 is 23.2 Å². The first-order valence-electron chi connectivity index (χ1n) is 8.25. The second-order valence-corrected chi connectivity index (χ2v) is 6.65. The molecule has 1 aliphatic heterocycles. The van der Waals surface area contributed by atoms with Crippen molar-refractivity contribution in [3.8, 4) is 0 Å². The van der Waals surface area contributed by atoms with Gasteiger partial charge >= 0.3 is 0 Å². The van der Waals surface area contributed by atoms with E-state index in [0.717, 1.165) is 42.2 Å². The Balaban J connectivity index is 1.72. The second-order valence-electron chi connectivity index (χ2n) is 6.21. The minimum atomic E-state index is -0.286. The number of halogens is 1. The summed E-state index contributed by atoms with van der Waals surface area (Å²) >= 11 is 6.00. The Kier molecular flexibility index (Phi) is 5.27. The van der Waals surface area contributed by atoms with Crippen LogP contribution in [-0.2, 0) is 10.3 Å². The third kappa shape index (κ3) is 3.63. The van der Waals surface area contributed by atoms with Gasteiger partial charge in [-0.1, -0.05) is 23.7 Å². The van der Waals surface area contributed by atoms with Crippen LogP contribution >= 0.6 is 11.6 Å². The van der Waals surface area contributed by atoms with Crippen molar-refractivity contribution in [1.29, 1.82) is 0 Å². The molecule has 0 saturated carbocycles. The van der Waals surface area contributed by atoms with Gasteiger partial charge in [0.15, 0.2) is 0 Å². The highest BCUT2D eigenvalue weighted by atomic mass is 35.5. The van der Waals surface area contributed by atoms with Crippen LogP contribution in [-0.4, -0.2) is 26.1 Å². The second kappa shape index (κ2) is 7.44. The van der Waals surface area contributed by atoms with Crippen LogP contribution in [0.4, 0.5) is 5.69 Å². The van der Waals surface area contributed by atoms with E-state index >= 15 is 0 Å². The lowest BCUT2D eigenvalue weighted by Gasteiger charge is -2.42. The van der Waals surface area contributed by atoms with E-state index in [2.05, 4.69) is 10.3 Å². The number of methoxy groups -OCH3 is 1. The lowest BCUT2D eigenvalue weighted by atomic mass is 9.84. The van der Waals surface area contributed by atoms with Gasteiger partial charge in [-0.2, -0.15) is 0 Å². The summed E-state index contributed by atoms with van der Waals surface area (Å²) in [6.07, 6.45) is 1.77. The number of nitrogens with zero attached hydrogens (tertiary/aromatic N) is 1. The Morgan fingerprint density at radius 2 is 1.72 bits per heavy atom. The molecule has 132 valence electrons. The first-order chi connectivity index (χ1) is 12.1. The Hall–Kier alpha value is -2.08. The number of amides is 1. The van der Waals surface area contributed by atoms with E-state index in [-0.39, 0.29) is 11.5 Å². The molecule has 1 aliphatic rings. The molecule has 0 radical (unpaired) electrons. The first kappa shape index (κ1) is 17.7. The van der Waals surface area contributed by atoms with Crippen molar-refractivity contribution in [2.45, 2.75) is 18.4 Å². The van der Waals surface area contributed by atoms with Crippen molar-refractivity contribution < 1.29 is 9.53 Å². The molecule has 3 rings (SSSR count). The van der Waals surface area contributed by atoms with Gasteiger partial charge in [-0.15, -0.1) is 0 Å². The molecule has 0 unspecified atom stereocenters. The summed E-state index contributed by atoms with van der Waals surface area (Å²) in [5.41, 5.74) is 4.67. The molecular formula is C19H22ClN3O2. The normalized spacial score (nSPS) is 16.5. The van der Waals surface area contributed by atoms with Gasteiger partial charge in [0.05, 0.1) is 5.60 Å². The topological polar surface area (TPSA) is 67.6 Å². The zero-order valence-electron chi connectivity index (χ0n) is 14.2. The Morgan fingerprint density at radius 1 is 1.12 bits per heavy atom. The lowest BCUT2D eigenvalue weighted by Crippen LogP contribution is -2.43. The van der Waals surface area contributed by atoms with Crippen molar-refractivity contribution in [3.63, 3.8) is 0 Å². The predicted octanol–water partition coefficient (Wildman–Crippen LogP) is 3.09. The smallest absolute Gasteiger partial charge is 0.265 e. The summed E-state index contributed by atoms with van der Waals surface area (Å²) in [5.74, 6) is 4.88. The maximum absolute atomic E-state index is 11.5. The molecule has 2 aromatic carbocycles. The van der Waals surface area contributed by atoms with E-state index in [1.807, 2.05) is 36.4 Å². The van der Waals surface area contributed by atoms with Gasteiger partial charge in [-0.25, -0.2) is 5.84 Å². The van der Waals surface area contributed by atoms with Crippen LogP contribution < -0.4 is 16.2 Å². The number of nitrogen functional groups attached to an aromatic ring is 1.